The molecule has 0 rings (SSSR count). The van der Waals surface area contributed by atoms with Gasteiger partial charge < -0.3 is 0 Å². The second kappa shape index (κ2) is 3.43. The van der Waals surface area contributed by atoms with Crippen molar-refractivity contribution < 1.29 is 0 Å². The van der Waals surface area contributed by atoms with Crippen LogP contribution in [0.3, 0.4) is 0 Å². The zero-order valence-corrected chi connectivity index (χ0v) is 6.96. The highest BCUT2D eigenvalue weighted by molar-refractivity contribution is 9.09. The summed E-state index contributed by atoms with van der Waals surface area (Å²) >= 11 is 3.35. The molecule has 1 atom stereocenters. The Morgan fingerprint density at radius 1 is 1.75 bits per heavy atom. The molecule has 8 heavy (non-hydrogen) atoms. The number of halogens is 1. The van der Waals surface area contributed by atoms with Gasteiger partial charge in [0.1, 0.15) is 0 Å². The number of nitrogens with one attached hydrogen (secondary N) is 1. The van der Waals surface area contributed by atoms with Crippen molar-refractivity contribution in [1.29, 1.82) is 0 Å². The molecule has 1 unspecified atom stereocenters. The van der Waals surface area contributed by atoms with E-state index in [2.05, 4.69) is 35.2 Å². The molecule has 0 saturated heterocycles. The molecule has 0 aliphatic heterocycles. The van der Waals surface area contributed by atoms with E-state index in [-0.39, 0.29) is 5.54 Å². The normalized spacial score (nSPS) is 18.0. The molecule has 0 bridgehead atoms. The zero-order chi connectivity index (χ0) is 6.62. The van der Waals surface area contributed by atoms with Gasteiger partial charge in [0, 0.05) is 10.9 Å². The predicted molar refractivity (Wildman–Crippen MR) is 39.8 cm³/mol. The van der Waals surface area contributed by atoms with E-state index < -0.39 is 0 Å². The summed E-state index contributed by atoms with van der Waals surface area (Å²) in [6.07, 6.45) is 1.04. The first kappa shape index (κ1) is 8.40. The SMILES string of the molecule is CCC(C)(CBr)NN. The van der Waals surface area contributed by atoms with Crippen molar-refractivity contribution >= 4 is 15.9 Å². The highest BCUT2D eigenvalue weighted by Crippen LogP contribution is 2.09. The summed E-state index contributed by atoms with van der Waals surface area (Å²) in [6.45, 7) is 4.17. The molecular weight excluding hydrogens is 168 g/mol. The highest BCUT2D eigenvalue weighted by atomic mass is 79.9. The molecule has 0 radical (unpaired) electrons. The first-order valence-electron chi connectivity index (χ1n) is 2.72. The standard InChI is InChI=1S/C5H13BrN2/c1-3-5(2,4-6)8-7/h8H,3-4,7H2,1-2H3. The lowest BCUT2D eigenvalue weighted by molar-refractivity contribution is 0.396. The minimum absolute atomic E-state index is 0.0694. The molecule has 0 amide bonds. The molecule has 0 aromatic carbocycles. The maximum absolute atomic E-state index is 5.25. The molecule has 0 fully saturated rings. The van der Waals surface area contributed by atoms with Gasteiger partial charge in [0.15, 0.2) is 0 Å². The third-order valence-corrected chi connectivity index (χ3v) is 2.66. The van der Waals surface area contributed by atoms with Gasteiger partial charge in [-0.1, -0.05) is 22.9 Å². The summed E-state index contributed by atoms with van der Waals surface area (Å²) in [5.41, 5.74) is 2.80. The first-order valence-corrected chi connectivity index (χ1v) is 3.84. The molecule has 0 saturated carbocycles. The van der Waals surface area contributed by atoms with Crippen molar-refractivity contribution in [2.75, 3.05) is 5.33 Å². The predicted octanol–water partition coefficient (Wildman–Crippen LogP) is 1.01. The zero-order valence-electron chi connectivity index (χ0n) is 5.37. The number of hydrazine groups is 1. The van der Waals surface area contributed by atoms with E-state index in [9.17, 15) is 0 Å². The molecule has 2 nitrogen and oxygen atoms in total. The molecule has 0 aliphatic rings. The molecular formula is C5H13BrN2. The van der Waals surface area contributed by atoms with E-state index in [1.807, 2.05) is 0 Å². The van der Waals surface area contributed by atoms with Gasteiger partial charge in [-0.15, -0.1) is 0 Å². The average molecular weight is 181 g/mol. The van der Waals surface area contributed by atoms with Crippen molar-refractivity contribution in [3.63, 3.8) is 0 Å². The number of nitrogens with two attached hydrogens (primary N) is 1. The Bertz CT molecular complexity index is 53.2. The maximum Gasteiger partial charge on any atom is 0.0387 e. The minimum Gasteiger partial charge on any atom is -0.271 e. The van der Waals surface area contributed by atoms with Gasteiger partial charge in [-0.2, -0.15) is 0 Å². The van der Waals surface area contributed by atoms with Gasteiger partial charge in [-0.05, 0) is 13.3 Å². The summed E-state index contributed by atoms with van der Waals surface area (Å²) in [5.74, 6) is 5.25. The highest BCUT2D eigenvalue weighted by Gasteiger charge is 2.16. The smallest absolute Gasteiger partial charge is 0.0387 e. The lowest BCUT2D eigenvalue weighted by atomic mass is 10.0. The second-order valence-electron chi connectivity index (χ2n) is 2.19. The third kappa shape index (κ3) is 2.11. The van der Waals surface area contributed by atoms with Gasteiger partial charge in [0.05, 0.1) is 0 Å². The van der Waals surface area contributed by atoms with Crippen LogP contribution >= 0.6 is 15.9 Å². The Morgan fingerprint density at radius 3 is 2.25 bits per heavy atom. The Kier molecular flexibility index (Phi) is 3.60. The lowest BCUT2D eigenvalue weighted by Gasteiger charge is -2.23. The van der Waals surface area contributed by atoms with Gasteiger partial charge in [-0.25, -0.2) is 0 Å². The quantitative estimate of drug-likeness (QED) is 0.387. The van der Waals surface area contributed by atoms with E-state index in [4.69, 9.17) is 5.84 Å². The Labute approximate surface area is 58.9 Å². The van der Waals surface area contributed by atoms with Crippen molar-refractivity contribution in [2.24, 2.45) is 5.84 Å². The van der Waals surface area contributed by atoms with Crippen LogP contribution in [0, 0.1) is 0 Å². The van der Waals surface area contributed by atoms with Gasteiger partial charge in [-0.3, -0.25) is 11.3 Å². The fourth-order valence-electron chi connectivity index (χ4n) is 0.235. The van der Waals surface area contributed by atoms with Crippen LogP contribution in [0.4, 0.5) is 0 Å². The van der Waals surface area contributed by atoms with Gasteiger partial charge >= 0.3 is 0 Å². The van der Waals surface area contributed by atoms with Crippen LogP contribution in [0.2, 0.25) is 0 Å². The molecule has 0 heterocycles. The van der Waals surface area contributed by atoms with Crippen molar-refractivity contribution in [3.8, 4) is 0 Å². The third-order valence-electron chi connectivity index (χ3n) is 1.42. The summed E-state index contributed by atoms with van der Waals surface area (Å²) in [5, 5.41) is 0.896. The topological polar surface area (TPSA) is 38.0 Å². The molecule has 0 aromatic heterocycles. The Morgan fingerprint density at radius 2 is 2.25 bits per heavy atom. The van der Waals surface area contributed by atoms with Crippen LogP contribution in [0.1, 0.15) is 20.3 Å². The molecule has 50 valence electrons. The maximum atomic E-state index is 5.25. The van der Waals surface area contributed by atoms with Crippen LogP contribution in [0.25, 0.3) is 0 Å². The van der Waals surface area contributed by atoms with E-state index >= 15 is 0 Å². The van der Waals surface area contributed by atoms with Crippen molar-refractivity contribution in [2.45, 2.75) is 25.8 Å². The summed E-state index contributed by atoms with van der Waals surface area (Å²) < 4.78 is 0. The largest absolute Gasteiger partial charge is 0.271 e. The second-order valence-corrected chi connectivity index (χ2v) is 2.75. The molecule has 0 aromatic rings. The van der Waals surface area contributed by atoms with Crippen LogP contribution in [0.5, 0.6) is 0 Å². The fraction of sp³-hybridized carbons (Fsp3) is 1.00. The number of rotatable bonds is 3. The molecule has 0 aliphatic carbocycles. The summed E-state index contributed by atoms with van der Waals surface area (Å²) in [4.78, 5) is 0. The van der Waals surface area contributed by atoms with E-state index in [0.717, 1.165) is 11.8 Å². The van der Waals surface area contributed by atoms with Crippen molar-refractivity contribution in [1.82, 2.24) is 5.43 Å². The Balaban J connectivity index is 3.58. The molecule has 3 N–H and O–H groups in total. The molecule has 0 spiro atoms. The Hall–Kier alpha value is 0.400. The van der Waals surface area contributed by atoms with Gasteiger partial charge in [0.25, 0.3) is 0 Å². The number of alkyl halides is 1. The minimum atomic E-state index is 0.0694. The summed E-state index contributed by atoms with van der Waals surface area (Å²) in [7, 11) is 0. The van der Waals surface area contributed by atoms with E-state index in [0.29, 0.717) is 0 Å². The number of hydrogen-bond donors (Lipinski definition) is 2. The first-order chi connectivity index (χ1) is 3.68. The van der Waals surface area contributed by atoms with Crippen LogP contribution < -0.4 is 11.3 Å². The van der Waals surface area contributed by atoms with Crippen LogP contribution in [0.15, 0.2) is 0 Å². The number of hydrogen-bond acceptors (Lipinski definition) is 2. The average Bonchev–Trinajstić information content (AvgIpc) is 1.87. The van der Waals surface area contributed by atoms with E-state index in [1.54, 1.807) is 0 Å². The molecule has 3 heteroatoms. The summed E-state index contributed by atoms with van der Waals surface area (Å²) in [6, 6.07) is 0. The monoisotopic (exact) mass is 180 g/mol. The fourth-order valence-corrected chi connectivity index (χ4v) is 0.793. The van der Waals surface area contributed by atoms with Crippen molar-refractivity contribution in [3.05, 3.63) is 0 Å². The van der Waals surface area contributed by atoms with Crippen LogP contribution in [-0.4, -0.2) is 10.9 Å². The van der Waals surface area contributed by atoms with Crippen LogP contribution in [-0.2, 0) is 0 Å². The van der Waals surface area contributed by atoms with Gasteiger partial charge in [0.2, 0.25) is 0 Å². The van der Waals surface area contributed by atoms with E-state index in [1.165, 1.54) is 0 Å². The lowest BCUT2D eigenvalue weighted by Crippen LogP contribution is -2.47.